The molecule has 2 nitrogen and oxygen atoms in total. The molecule has 0 fully saturated rings. The Bertz CT molecular complexity index is 289. The summed E-state index contributed by atoms with van der Waals surface area (Å²) in [4.78, 5) is 2.76. The monoisotopic (exact) mass is 178 g/mol. The molecular weight excluding hydrogens is 170 g/mol. The molecule has 1 aromatic heterocycles. The van der Waals surface area contributed by atoms with Crippen LogP contribution in [0.15, 0.2) is 6.20 Å². The van der Waals surface area contributed by atoms with E-state index in [1.165, 1.54) is 4.57 Å². The van der Waals surface area contributed by atoms with E-state index in [1.807, 2.05) is 0 Å². The Morgan fingerprint density at radius 1 is 1.73 bits per heavy atom. The lowest BCUT2D eigenvalue weighted by Crippen LogP contribution is -2.04. The van der Waals surface area contributed by atoms with Crippen LogP contribution in [0.4, 0.5) is 8.78 Å². The lowest BCUT2D eigenvalue weighted by atomic mass is 10.5. The second kappa shape index (κ2) is 3.13. The molecule has 1 N–H and O–H groups in total. The number of aryl methyl sites for hydroxylation is 1. The molecule has 0 atom stereocenters. The van der Waals surface area contributed by atoms with Gasteiger partial charge in [-0.05, 0) is 19.1 Å². The molecule has 0 aliphatic carbocycles. The number of imidazole rings is 1. The average molecular weight is 178 g/mol. The maximum atomic E-state index is 11.8. The second-order valence-corrected chi connectivity index (χ2v) is 2.67. The SMILES string of the molecule is Cc1cn(CC(F)F)c(=S)[nH]1. The molecule has 5 heteroatoms. The summed E-state index contributed by atoms with van der Waals surface area (Å²) in [5.74, 6) is 0. The van der Waals surface area contributed by atoms with Gasteiger partial charge in [0.05, 0.1) is 6.54 Å². The summed E-state index contributed by atoms with van der Waals surface area (Å²) in [6.07, 6.45) is -0.772. The van der Waals surface area contributed by atoms with Crippen LogP contribution in [-0.2, 0) is 6.54 Å². The molecule has 0 spiro atoms. The predicted molar refractivity (Wildman–Crippen MR) is 40.4 cm³/mol. The molecule has 11 heavy (non-hydrogen) atoms. The summed E-state index contributed by atoms with van der Waals surface area (Å²) in [5, 5.41) is 0. The molecule has 62 valence electrons. The van der Waals surface area contributed by atoms with Crippen LogP contribution in [-0.4, -0.2) is 16.0 Å². The van der Waals surface area contributed by atoms with Gasteiger partial charge in [0, 0.05) is 11.9 Å². The van der Waals surface area contributed by atoms with E-state index in [1.54, 1.807) is 13.1 Å². The number of nitrogens with zero attached hydrogens (tertiary/aromatic N) is 1. The third-order valence-corrected chi connectivity index (χ3v) is 1.59. The van der Waals surface area contributed by atoms with Crippen molar-refractivity contribution in [2.75, 3.05) is 0 Å². The van der Waals surface area contributed by atoms with Gasteiger partial charge in [-0.15, -0.1) is 0 Å². The number of nitrogens with one attached hydrogen (secondary N) is 1. The molecule has 0 aliphatic heterocycles. The topological polar surface area (TPSA) is 20.7 Å². The summed E-state index contributed by atoms with van der Waals surface area (Å²) < 4.78 is 25.3. The van der Waals surface area contributed by atoms with Gasteiger partial charge in [-0.3, -0.25) is 0 Å². The first-order valence-corrected chi connectivity index (χ1v) is 3.54. The van der Waals surface area contributed by atoms with E-state index >= 15 is 0 Å². The zero-order valence-corrected chi connectivity index (χ0v) is 6.79. The number of aromatic amines is 1. The Morgan fingerprint density at radius 2 is 2.36 bits per heavy atom. The number of halogens is 2. The first kappa shape index (κ1) is 8.39. The van der Waals surface area contributed by atoms with Crippen LogP contribution < -0.4 is 0 Å². The van der Waals surface area contributed by atoms with Gasteiger partial charge < -0.3 is 9.55 Å². The molecule has 0 aliphatic rings. The van der Waals surface area contributed by atoms with Crippen LogP contribution >= 0.6 is 12.2 Å². The van der Waals surface area contributed by atoms with Crippen molar-refractivity contribution in [1.82, 2.24) is 9.55 Å². The highest BCUT2D eigenvalue weighted by Gasteiger charge is 2.04. The largest absolute Gasteiger partial charge is 0.335 e. The minimum atomic E-state index is -2.35. The zero-order chi connectivity index (χ0) is 8.43. The summed E-state index contributed by atoms with van der Waals surface area (Å²) in [6, 6.07) is 0. The van der Waals surface area contributed by atoms with Gasteiger partial charge in [-0.25, -0.2) is 8.78 Å². The van der Waals surface area contributed by atoms with Crippen LogP contribution in [0, 0.1) is 11.7 Å². The number of aromatic nitrogens is 2. The quantitative estimate of drug-likeness (QED) is 0.688. The minimum Gasteiger partial charge on any atom is -0.335 e. The normalized spacial score (nSPS) is 10.9. The van der Waals surface area contributed by atoms with Crippen molar-refractivity contribution in [3.63, 3.8) is 0 Å². The summed E-state index contributed by atoms with van der Waals surface area (Å²) in [5.41, 5.74) is 0.802. The third-order valence-electron chi connectivity index (χ3n) is 1.25. The number of hydrogen-bond acceptors (Lipinski definition) is 1. The van der Waals surface area contributed by atoms with Crippen LogP contribution in [0.1, 0.15) is 5.69 Å². The van der Waals surface area contributed by atoms with E-state index < -0.39 is 6.43 Å². The smallest absolute Gasteiger partial charge is 0.256 e. The third kappa shape index (κ3) is 2.11. The molecule has 1 heterocycles. The van der Waals surface area contributed by atoms with Crippen LogP contribution in [0.25, 0.3) is 0 Å². The van der Waals surface area contributed by atoms with Gasteiger partial charge in [-0.1, -0.05) is 0 Å². The van der Waals surface area contributed by atoms with Crippen molar-refractivity contribution in [2.45, 2.75) is 19.9 Å². The Kier molecular flexibility index (Phi) is 2.38. The van der Waals surface area contributed by atoms with Crippen molar-refractivity contribution in [3.8, 4) is 0 Å². The Balaban J connectivity index is 2.86. The highest BCUT2D eigenvalue weighted by molar-refractivity contribution is 7.71. The van der Waals surface area contributed by atoms with Crippen LogP contribution in [0.5, 0.6) is 0 Å². The van der Waals surface area contributed by atoms with Crippen molar-refractivity contribution in [3.05, 3.63) is 16.7 Å². The minimum absolute atomic E-state index is 0.330. The van der Waals surface area contributed by atoms with Gasteiger partial charge in [0.25, 0.3) is 6.43 Å². The molecule has 1 aromatic rings. The number of rotatable bonds is 2. The Labute approximate surface area is 67.9 Å². The van der Waals surface area contributed by atoms with E-state index in [2.05, 4.69) is 4.98 Å². The van der Waals surface area contributed by atoms with Gasteiger partial charge in [0.2, 0.25) is 0 Å². The summed E-state index contributed by atoms with van der Waals surface area (Å²) in [6.45, 7) is 1.45. The molecule has 0 radical (unpaired) electrons. The fraction of sp³-hybridized carbons (Fsp3) is 0.500. The fourth-order valence-corrected chi connectivity index (χ4v) is 1.14. The van der Waals surface area contributed by atoms with Gasteiger partial charge in [0.15, 0.2) is 4.77 Å². The predicted octanol–water partition coefficient (Wildman–Crippen LogP) is 2.12. The maximum absolute atomic E-state index is 11.8. The van der Waals surface area contributed by atoms with Crippen molar-refractivity contribution < 1.29 is 8.78 Å². The Hall–Kier alpha value is -0.710. The van der Waals surface area contributed by atoms with E-state index in [-0.39, 0.29) is 6.54 Å². The van der Waals surface area contributed by atoms with E-state index in [9.17, 15) is 8.78 Å². The second-order valence-electron chi connectivity index (χ2n) is 2.29. The summed E-state index contributed by atoms with van der Waals surface area (Å²) >= 11 is 4.77. The molecular formula is C6H8F2N2S. The van der Waals surface area contributed by atoms with E-state index in [0.29, 0.717) is 4.77 Å². The van der Waals surface area contributed by atoms with Gasteiger partial charge in [0.1, 0.15) is 0 Å². The molecule has 0 bridgehead atoms. The van der Waals surface area contributed by atoms with Crippen molar-refractivity contribution in [1.29, 1.82) is 0 Å². The molecule has 1 rings (SSSR count). The van der Waals surface area contributed by atoms with Gasteiger partial charge in [-0.2, -0.15) is 0 Å². The molecule has 0 unspecified atom stereocenters. The van der Waals surface area contributed by atoms with Crippen LogP contribution in [0.3, 0.4) is 0 Å². The van der Waals surface area contributed by atoms with Crippen molar-refractivity contribution >= 4 is 12.2 Å². The molecule has 0 amide bonds. The van der Waals surface area contributed by atoms with Crippen molar-refractivity contribution in [2.24, 2.45) is 0 Å². The lowest BCUT2D eigenvalue weighted by molar-refractivity contribution is 0.126. The lowest BCUT2D eigenvalue weighted by Gasteiger charge is -1.98. The average Bonchev–Trinajstić information content (AvgIpc) is 2.09. The van der Waals surface area contributed by atoms with E-state index in [0.717, 1.165) is 5.69 Å². The molecule has 0 saturated carbocycles. The molecule has 0 saturated heterocycles. The highest BCUT2D eigenvalue weighted by Crippen LogP contribution is 2.02. The fourth-order valence-electron chi connectivity index (χ4n) is 0.849. The Morgan fingerprint density at radius 3 is 2.73 bits per heavy atom. The number of H-pyrrole nitrogens is 1. The number of hydrogen-bond donors (Lipinski definition) is 1. The zero-order valence-electron chi connectivity index (χ0n) is 5.97. The molecule has 0 aromatic carbocycles. The first-order valence-electron chi connectivity index (χ1n) is 3.14. The van der Waals surface area contributed by atoms with Gasteiger partial charge >= 0.3 is 0 Å². The summed E-state index contributed by atoms with van der Waals surface area (Å²) in [7, 11) is 0. The first-order chi connectivity index (χ1) is 5.09. The van der Waals surface area contributed by atoms with E-state index in [4.69, 9.17) is 12.2 Å². The number of alkyl halides is 2. The maximum Gasteiger partial charge on any atom is 0.256 e. The highest BCUT2D eigenvalue weighted by atomic mass is 32.1. The van der Waals surface area contributed by atoms with Crippen LogP contribution in [0.2, 0.25) is 0 Å². The standard InChI is InChI=1S/C6H8F2N2S/c1-4-2-10(3-5(7)8)6(11)9-4/h2,5H,3H2,1H3,(H,9,11).